The van der Waals surface area contributed by atoms with Crippen LogP contribution in [0.4, 0.5) is 0 Å². The average molecular weight is 204 g/mol. The first-order valence-electron chi connectivity index (χ1n) is 5.26. The van der Waals surface area contributed by atoms with Crippen LogP contribution in [0, 0.1) is 0 Å². The highest BCUT2D eigenvalue weighted by Gasteiger charge is 2.09. The van der Waals surface area contributed by atoms with E-state index in [4.69, 9.17) is 4.74 Å². The van der Waals surface area contributed by atoms with Gasteiger partial charge in [0.25, 0.3) is 0 Å². The first kappa shape index (κ1) is 10.2. The van der Waals surface area contributed by atoms with Gasteiger partial charge in [-0.05, 0) is 31.0 Å². The minimum Gasteiger partial charge on any atom is -0.374 e. The maximum atomic E-state index is 5.23. The zero-order valence-electron chi connectivity index (χ0n) is 9.37. The predicted molar refractivity (Wildman–Crippen MR) is 60.9 cm³/mol. The normalized spacial score (nSPS) is 13.3. The molecule has 1 unspecified atom stereocenters. The van der Waals surface area contributed by atoms with Gasteiger partial charge in [-0.1, -0.05) is 13.0 Å². The van der Waals surface area contributed by atoms with Gasteiger partial charge in [0.05, 0.1) is 11.0 Å². The first-order chi connectivity index (χ1) is 7.24. The van der Waals surface area contributed by atoms with Gasteiger partial charge in [0, 0.05) is 7.11 Å². The molecule has 2 aromatic rings. The van der Waals surface area contributed by atoms with Crippen molar-refractivity contribution in [2.24, 2.45) is 0 Å². The largest absolute Gasteiger partial charge is 0.374 e. The fourth-order valence-electron chi connectivity index (χ4n) is 1.60. The number of nitrogens with one attached hydrogen (secondary N) is 1. The molecule has 1 N–H and O–H groups in total. The number of hydrogen-bond acceptors (Lipinski definition) is 2. The third-order valence-corrected chi connectivity index (χ3v) is 2.71. The zero-order valence-corrected chi connectivity index (χ0v) is 9.37. The molecular weight excluding hydrogens is 188 g/mol. The van der Waals surface area contributed by atoms with E-state index in [9.17, 15) is 0 Å². The number of benzene rings is 1. The Morgan fingerprint density at radius 2 is 2.27 bits per heavy atom. The molecule has 80 valence electrons. The number of hydrogen-bond donors (Lipinski definition) is 1. The molecule has 1 aromatic heterocycles. The van der Waals surface area contributed by atoms with Crippen molar-refractivity contribution < 1.29 is 4.74 Å². The fourth-order valence-corrected chi connectivity index (χ4v) is 1.60. The standard InChI is InChI=1S/C12H16N2O/c1-4-9-5-6-10-11(7-9)14-12(13-10)8(2)15-3/h5-8H,4H2,1-3H3,(H,13,14). The van der Waals surface area contributed by atoms with Gasteiger partial charge in [-0.15, -0.1) is 0 Å². The number of aromatic amines is 1. The molecule has 0 radical (unpaired) electrons. The molecule has 0 aliphatic heterocycles. The number of aromatic nitrogens is 2. The number of nitrogens with zero attached hydrogens (tertiary/aromatic N) is 1. The van der Waals surface area contributed by atoms with E-state index in [1.165, 1.54) is 5.56 Å². The van der Waals surface area contributed by atoms with Gasteiger partial charge in [-0.25, -0.2) is 4.98 Å². The Morgan fingerprint density at radius 3 is 2.93 bits per heavy atom. The van der Waals surface area contributed by atoms with Gasteiger partial charge in [0.2, 0.25) is 0 Å². The Bertz CT molecular complexity index is 462. The molecule has 1 heterocycles. The summed E-state index contributed by atoms with van der Waals surface area (Å²) in [5.74, 6) is 0.890. The lowest BCUT2D eigenvalue weighted by molar-refractivity contribution is 0.113. The summed E-state index contributed by atoms with van der Waals surface area (Å²) in [6.45, 7) is 4.13. The molecule has 0 aliphatic carbocycles. The molecule has 0 amide bonds. The third kappa shape index (κ3) is 1.88. The fraction of sp³-hybridized carbons (Fsp3) is 0.417. The van der Waals surface area contributed by atoms with Crippen LogP contribution >= 0.6 is 0 Å². The van der Waals surface area contributed by atoms with Crippen LogP contribution < -0.4 is 0 Å². The van der Waals surface area contributed by atoms with Gasteiger partial charge in [0.15, 0.2) is 0 Å². The van der Waals surface area contributed by atoms with E-state index in [-0.39, 0.29) is 6.10 Å². The first-order valence-corrected chi connectivity index (χ1v) is 5.26. The maximum Gasteiger partial charge on any atom is 0.136 e. The van der Waals surface area contributed by atoms with Crippen molar-refractivity contribution in [3.05, 3.63) is 29.6 Å². The number of fused-ring (bicyclic) bond motifs is 1. The summed E-state index contributed by atoms with van der Waals surface area (Å²) in [4.78, 5) is 7.76. The SMILES string of the molecule is CCc1ccc2nc(C(C)OC)[nH]c2c1. The van der Waals surface area contributed by atoms with Crippen LogP contribution in [0.5, 0.6) is 0 Å². The van der Waals surface area contributed by atoms with Gasteiger partial charge in [-0.2, -0.15) is 0 Å². The third-order valence-electron chi connectivity index (χ3n) is 2.71. The topological polar surface area (TPSA) is 37.9 Å². The van der Waals surface area contributed by atoms with E-state index < -0.39 is 0 Å². The summed E-state index contributed by atoms with van der Waals surface area (Å²) in [7, 11) is 1.69. The second kappa shape index (κ2) is 4.03. The lowest BCUT2D eigenvalue weighted by Gasteiger charge is -2.03. The molecule has 1 atom stereocenters. The Labute approximate surface area is 89.5 Å². The minimum atomic E-state index is 0.0162. The number of ether oxygens (including phenoxy) is 1. The van der Waals surface area contributed by atoms with E-state index >= 15 is 0 Å². The molecule has 15 heavy (non-hydrogen) atoms. The highest BCUT2D eigenvalue weighted by molar-refractivity contribution is 5.75. The Hall–Kier alpha value is -1.35. The Morgan fingerprint density at radius 1 is 1.47 bits per heavy atom. The summed E-state index contributed by atoms with van der Waals surface area (Å²) in [6, 6.07) is 6.31. The number of rotatable bonds is 3. The van der Waals surface area contributed by atoms with Crippen LogP contribution in [0.3, 0.4) is 0 Å². The second-order valence-corrected chi connectivity index (χ2v) is 3.71. The van der Waals surface area contributed by atoms with Crippen LogP contribution in [-0.4, -0.2) is 17.1 Å². The summed E-state index contributed by atoms with van der Waals surface area (Å²) in [6.07, 6.45) is 1.06. The predicted octanol–water partition coefficient (Wildman–Crippen LogP) is 2.83. The molecule has 0 saturated carbocycles. The summed E-state index contributed by atoms with van der Waals surface area (Å²) in [5, 5.41) is 0. The number of methoxy groups -OCH3 is 1. The molecule has 0 fully saturated rings. The van der Waals surface area contributed by atoms with Crippen molar-refractivity contribution in [1.29, 1.82) is 0 Å². The molecule has 1 aromatic carbocycles. The van der Waals surface area contributed by atoms with Gasteiger partial charge in [-0.3, -0.25) is 0 Å². The van der Waals surface area contributed by atoms with Crippen molar-refractivity contribution in [1.82, 2.24) is 9.97 Å². The number of aryl methyl sites for hydroxylation is 1. The van der Waals surface area contributed by atoms with Crippen molar-refractivity contribution in [3.63, 3.8) is 0 Å². The Kier molecular flexibility index (Phi) is 2.73. The van der Waals surface area contributed by atoms with Crippen LogP contribution in [0.25, 0.3) is 11.0 Å². The maximum absolute atomic E-state index is 5.23. The molecule has 0 spiro atoms. The summed E-state index contributed by atoms with van der Waals surface area (Å²) < 4.78 is 5.23. The van der Waals surface area contributed by atoms with Gasteiger partial charge >= 0.3 is 0 Å². The second-order valence-electron chi connectivity index (χ2n) is 3.71. The average Bonchev–Trinajstić information content (AvgIpc) is 2.70. The van der Waals surface area contributed by atoms with Crippen molar-refractivity contribution in [3.8, 4) is 0 Å². The lowest BCUT2D eigenvalue weighted by atomic mass is 10.1. The molecular formula is C12H16N2O. The van der Waals surface area contributed by atoms with Gasteiger partial charge < -0.3 is 9.72 Å². The molecule has 2 rings (SSSR count). The van der Waals surface area contributed by atoms with E-state index in [2.05, 4.69) is 35.1 Å². The van der Waals surface area contributed by atoms with Crippen LogP contribution in [0.15, 0.2) is 18.2 Å². The van der Waals surface area contributed by atoms with E-state index in [1.807, 2.05) is 6.92 Å². The molecule has 3 heteroatoms. The quantitative estimate of drug-likeness (QED) is 0.834. The number of imidazole rings is 1. The van der Waals surface area contributed by atoms with E-state index in [0.717, 1.165) is 23.3 Å². The molecule has 0 bridgehead atoms. The van der Waals surface area contributed by atoms with Crippen LogP contribution in [0.1, 0.15) is 31.3 Å². The van der Waals surface area contributed by atoms with Crippen molar-refractivity contribution >= 4 is 11.0 Å². The highest BCUT2D eigenvalue weighted by Crippen LogP contribution is 2.19. The monoisotopic (exact) mass is 204 g/mol. The van der Waals surface area contributed by atoms with Crippen LogP contribution in [0.2, 0.25) is 0 Å². The molecule has 0 saturated heterocycles. The highest BCUT2D eigenvalue weighted by atomic mass is 16.5. The summed E-state index contributed by atoms with van der Waals surface area (Å²) in [5.41, 5.74) is 3.42. The van der Waals surface area contributed by atoms with E-state index in [1.54, 1.807) is 7.11 Å². The lowest BCUT2D eigenvalue weighted by Crippen LogP contribution is -1.97. The van der Waals surface area contributed by atoms with Gasteiger partial charge in [0.1, 0.15) is 11.9 Å². The molecule has 0 aliphatic rings. The minimum absolute atomic E-state index is 0.0162. The van der Waals surface area contributed by atoms with Crippen molar-refractivity contribution in [2.45, 2.75) is 26.4 Å². The van der Waals surface area contributed by atoms with Crippen molar-refractivity contribution in [2.75, 3.05) is 7.11 Å². The number of H-pyrrole nitrogens is 1. The summed E-state index contributed by atoms with van der Waals surface area (Å²) >= 11 is 0. The Balaban J connectivity index is 2.46. The molecule has 3 nitrogen and oxygen atoms in total. The van der Waals surface area contributed by atoms with Crippen LogP contribution in [-0.2, 0) is 11.2 Å². The van der Waals surface area contributed by atoms with E-state index in [0.29, 0.717) is 0 Å². The smallest absolute Gasteiger partial charge is 0.136 e. The zero-order chi connectivity index (χ0) is 10.8.